The Bertz CT molecular complexity index is 376. The molecule has 2 heterocycles. The summed E-state index contributed by atoms with van der Waals surface area (Å²) in [5.41, 5.74) is 1.46. The molecule has 2 atom stereocenters. The Morgan fingerprint density at radius 2 is 2.16 bits per heavy atom. The van der Waals surface area contributed by atoms with E-state index in [0.717, 1.165) is 18.2 Å². The first-order chi connectivity index (χ1) is 9.40. The minimum Gasteiger partial charge on any atom is -0.311 e. The SMILES string of the molecule is c1ccc(CC2CN(CC3CCCS3)CCN2)cc1. The third-order valence-corrected chi connectivity index (χ3v) is 5.53. The van der Waals surface area contributed by atoms with E-state index >= 15 is 0 Å². The largest absolute Gasteiger partial charge is 0.311 e. The van der Waals surface area contributed by atoms with Crippen molar-refractivity contribution in [3.8, 4) is 0 Å². The van der Waals surface area contributed by atoms with E-state index in [4.69, 9.17) is 0 Å². The van der Waals surface area contributed by atoms with Crippen LogP contribution in [0, 0.1) is 0 Å². The Labute approximate surface area is 121 Å². The standard InChI is InChI=1S/C16H24N2S/c1-2-5-14(6-3-1)11-15-12-18(9-8-17-15)13-16-7-4-10-19-16/h1-3,5-6,15-17H,4,7-13H2. The van der Waals surface area contributed by atoms with Crippen molar-refractivity contribution >= 4 is 11.8 Å². The highest BCUT2D eigenvalue weighted by Gasteiger charge is 2.24. The van der Waals surface area contributed by atoms with E-state index in [0.29, 0.717) is 6.04 Å². The molecule has 3 heteroatoms. The van der Waals surface area contributed by atoms with E-state index in [1.165, 1.54) is 43.8 Å². The minimum atomic E-state index is 0.627. The van der Waals surface area contributed by atoms with Crippen molar-refractivity contribution in [2.45, 2.75) is 30.6 Å². The Balaban J connectivity index is 1.50. The topological polar surface area (TPSA) is 15.3 Å². The highest BCUT2D eigenvalue weighted by atomic mass is 32.2. The quantitative estimate of drug-likeness (QED) is 0.909. The lowest BCUT2D eigenvalue weighted by molar-refractivity contribution is 0.199. The van der Waals surface area contributed by atoms with Crippen LogP contribution in [0.3, 0.4) is 0 Å². The van der Waals surface area contributed by atoms with Crippen LogP contribution in [0.5, 0.6) is 0 Å². The highest BCUT2D eigenvalue weighted by Crippen LogP contribution is 2.27. The number of benzene rings is 1. The van der Waals surface area contributed by atoms with Crippen LogP contribution in [-0.2, 0) is 6.42 Å². The van der Waals surface area contributed by atoms with Gasteiger partial charge in [0, 0.05) is 37.5 Å². The molecule has 1 aromatic carbocycles. The zero-order chi connectivity index (χ0) is 12.9. The maximum atomic E-state index is 3.67. The van der Waals surface area contributed by atoms with Gasteiger partial charge in [-0.05, 0) is 30.6 Å². The van der Waals surface area contributed by atoms with Gasteiger partial charge in [0.25, 0.3) is 0 Å². The van der Waals surface area contributed by atoms with Crippen LogP contribution < -0.4 is 5.32 Å². The Kier molecular flexibility index (Phi) is 4.81. The van der Waals surface area contributed by atoms with Crippen molar-refractivity contribution in [2.75, 3.05) is 31.9 Å². The van der Waals surface area contributed by atoms with Crippen molar-refractivity contribution in [2.24, 2.45) is 0 Å². The number of thioether (sulfide) groups is 1. The average Bonchev–Trinajstić information content (AvgIpc) is 2.93. The number of nitrogens with zero attached hydrogens (tertiary/aromatic N) is 1. The maximum absolute atomic E-state index is 3.67. The lowest BCUT2D eigenvalue weighted by Crippen LogP contribution is -2.52. The van der Waals surface area contributed by atoms with Gasteiger partial charge in [-0.1, -0.05) is 30.3 Å². The highest BCUT2D eigenvalue weighted by molar-refractivity contribution is 8.00. The molecule has 0 saturated carbocycles. The van der Waals surface area contributed by atoms with Crippen molar-refractivity contribution in [3.05, 3.63) is 35.9 Å². The zero-order valence-electron chi connectivity index (χ0n) is 11.6. The maximum Gasteiger partial charge on any atom is 0.0235 e. The van der Waals surface area contributed by atoms with E-state index in [1.54, 1.807) is 0 Å². The van der Waals surface area contributed by atoms with Gasteiger partial charge in [0.1, 0.15) is 0 Å². The number of piperazine rings is 1. The summed E-state index contributed by atoms with van der Waals surface area (Å²) in [6.45, 7) is 4.89. The predicted molar refractivity (Wildman–Crippen MR) is 83.9 cm³/mol. The summed E-state index contributed by atoms with van der Waals surface area (Å²) in [5.74, 6) is 1.38. The normalized spacial score (nSPS) is 28.6. The van der Waals surface area contributed by atoms with Gasteiger partial charge in [0.05, 0.1) is 0 Å². The van der Waals surface area contributed by atoms with Gasteiger partial charge in [0.15, 0.2) is 0 Å². The number of hydrogen-bond donors (Lipinski definition) is 1. The van der Waals surface area contributed by atoms with Crippen molar-refractivity contribution in [1.29, 1.82) is 0 Å². The first-order valence-corrected chi connectivity index (χ1v) is 8.56. The Morgan fingerprint density at radius 3 is 2.95 bits per heavy atom. The monoisotopic (exact) mass is 276 g/mol. The molecule has 0 spiro atoms. The van der Waals surface area contributed by atoms with Gasteiger partial charge < -0.3 is 5.32 Å². The minimum absolute atomic E-state index is 0.627. The summed E-state index contributed by atoms with van der Waals surface area (Å²) in [5, 5.41) is 4.57. The molecule has 2 aliphatic rings. The van der Waals surface area contributed by atoms with E-state index in [2.05, 4.69) is 52.3 Å². The van der Waals surface area contributed by atoms with E-state index in [9.17, 15) is 0 Å². The fourth-order valence-electron chi connectivity index (χ4n) is 3.17. The van der Waals surface area contributed by atoms with Crippen LogP contribution in [0.2, 0.25) is 0 Å². The first-order valence-electron chi connectivity index (χ1n) is 7.51. The third-order valence-electron chi connectivity index (χ3n) is 4.15. The molecule has 0 aliphatic carbocycles. The van der Waals surface area contributed by atoms with E-state index in [1.807, 2.05) is 0 Å². The molecule has 1 N–H and O–H groups in total. The summed E-state index contributed by atoms with van der Waals surface area (Å²) < 4.78 is 0. The molecule has 2 saturated heterocycles. The lowest BCUT2D eigenvalue weighted by Gasteiger charge is -2.35. The van der Waals surface area contributed by atoms with Crippen molar-refractivity contribution in [3.63, 3.8) is 0 Å². The number of rotatable bonds is 4. The second kappa shape index (κ2) is 6.78. The summed E-state index contributed by atoms with van der Waals surface area (Å²) >= 11 is 2.18. The molecule has 2 aliphatic heterocycles. The second-order valence-corrected chi connectivity index (χ2v) is 7.14. The summed E-state index contributed by atoms with van der Waals surface area (Å²) in [4.78, 5) is 2.67. The predicted octanol–water partition coefficient (Wildman–Crippen LogP) is 2.40. The first kappa shape index (κ1) is 13.5. The number of hydrogen-bond acceptors (Lipinski definition) is 3. The van der Waals surface area contributed by atoms with Crippen LogP contribution in [0.4, 0.5) is 0 Å². The van der Waals surface area contributed by atoms with Gasteiger partial charge in [-0.3, -0.25) is 4.90 Å². The molecule has 2 unspecified atom stereocenters. The van der Waals surface area contributed by atoms with Crippen LogP contribution in [0.15, 0.2) is 30.3 Å². The fraction of sp³-hybridized carbons (Fsp3) is 0.625. The van der Waals surface area contributed by atoms with Crippen LogP contribution in [0.1, 0.15) is 18.4 Å². The van der Waals surface area contributed by atoms with Crippen LogP contribution in [-0.4, -0.2) is 48.1 Å². The van der Waals surface area contributed by atoms with Gasteiger partial charge in [-0.25, -0.2) is 0 Å². The molecule has 2 fully saturated rings. The second-order valence-electron chi connectivity index (χ2n) is 5.74. The average molecular weight is 276 g/mol. The molecule has 0 bridgehead atoms. The van der Waals surface area contributed by atoms with E-state index in [-0.39, 0.29) is 0 Å². The van der Waals surface area contributed by atoms with Gasteiger partial charge >= 0.3 is 0 Å². The molecule has 0 aromatic heterocycles. The molecule has 0 radical (unpaired) electrons. The number of nitrogens with one attached hydrogen (secondary N) is 1. The van der Waals surface area contributed by atoms with Crippen LogP contribution in [0.25, 0.3) is 0 Å². The van der Waals surface area contributed by atoms with Crippen LogP contribution >= 0.6 is 11.8 Å². The molecule has 0 amide bonds. The molecule has 19 heavy (non-hydrogen) atoms. The Morgan fingerprint density at radius 1 is 1.26 bits per heavy atom. The molecule has 2 nitrogen and oxygen atoms in total. The molecular formula is C16H24N2S. The van der Waals surface area contributed by atoms with Crippen molar-refractivity contribution < 1.29 is 0 Å². The molecule has 104 valence electrons. The molecular weight excluding hydrogens is 252 g/mol. The van der Waals surface area contributed by atoms with Gasteiger partial charge in [-0.15, -0.1) is 0 Å². The lowest BCUT2D eigenvalue weighted by atomic mass is 10.0. The van der Waals surface area contributed by atoms with Crippen molar-refractivity contribution in [1.82, 2.24) is 10.2 Å². The molecule has 3 rings (SSSR count). The smallest absolute Gasteiger partial charge is 0.0235 e. The summed E-state index contributed by atoms with van der Waals surface area (Å²) in [6, 6.07) is 11.5. The summed E-state index contributed by atoms with van der Waals surface area (Å²) in [6.07, 6.45) is 4.02. The summed E-state index contributed by atoms with van der Waals surface area (Å²) in [7, 11) is 0. The van der Waals surface area contributed by atoms with Gasteiger partial charge in [-0.2, -0.15) is 11.8 Å². The molecule has 1 aromatic rings. The zero-order valence-corrected chi connectivity index (χ0v) is 12.4. The fourth-order valence-corrected chi connectivity index (χ4v) is 4.49. The third kappa shape index (κ3) is 3.98. The Hall–Kier alpha value is -0.510. The van der Waals surface area contributed by atoms with E-state index < -0.39 is 0 Å². The van der Waals surface area contributed by atoms with Gasteiger partial charge in [0.2, 0.25) is 0 Å².